The molecule has 1 atom stereocenters. The van der Waals surface area contributed by atoms with Crippen molar-refractivity contribution in [1.82, 2.24) is 4.90 Å². The Bertz CT molecular complexity index is 389. The first-order chi connectivity index (χ1) is 8.81. The van der Waals surface area contributed by atoms with Crippen LogP contribution in [0.5, 0.6) is 11.5 Å². The number of aliphatic hydroxyl groups excluding tert-OH is 1. The normalized spacial score (nSPS) is 17.7. The van der Waals surface area contributed by atoms with E-state index in [-0.39, 0.29) is 12.6 Å². The Kier molecular flexibility index (Phi) is 4.44. The van der Waals surface area contributed by atoms with Crippen molar-refractivity contribution in [2.24, 2.45) is 0 Å². The molecular formula is C14H21NO3. The molecule has 0 spiro atoms. The van der Waals surface area contributed by atoms with Gasteiger partial charge in [0, 0.05) is 5.56 Å². The summed E-state index contributed by atoms with van der Waals surface area (Å²) in [6, 6.07) is 5.81. The number of hydrogen-bond donors (Lipinski definition) is 1. The molecule has 1 aromatic rings. The maximum atomic E-state index is 9.69. The Balaban J connectivity index is 2.34. The summed E-state index contributed by atoms with van der Waals surface area (Å²) in [6.07, 6.45) is 2.39. The maximum Gasteiger partial charge on any atom is 0.165 e. The van der Waals surface area contributed by atoms with Crippen molar-refractivity contribution in [3.8, 4) is 11.5 Å². The zero-order valence-electron chi connectivity index (χ0n) is 11.1. The molecule has 1 aromatic carbocycles. The van der Waals surface area contributed by atoms with Crippen LogP contribution in [-0.2, 0) is 0 Å². The van der Waals surface area contributed by atoms with Gasteiger partial charge in [-0.2, -0.15) is 0 Å². The van der Waals surface area contributed by atoms with Crippen LogP contribution in [0.25, 0.3) is 0 Å². The van der Waals surface area contributed by atoms with E-state index in [2.05, 4.69) is 4.90 Å². The minimum atomic E-state index is -0.00227. The number of nitrogens with zero attached hydrogens (tertiary/aromatic N) is 1. The SMILES string of the molecule is COc1cccc([C@@H](CO)N2CCCC2)c1OC. The summed E-state index contributed by atoms with van der Waals surface area (Å²) in [4.78, 5) is 2.30. The molecule has 1 saturated heterocycles. The molecule has 100 valence electrons. The predicted octanol–water partition coefficient (Wildman–Crippen LogP) is 1.83. The molecule has 1 aliphatic rings. The highest BCUT2D eigenvalue weighted by Crippen LogP contribution is 2.37. The number of para-hydroxylation sites is 1. The van der Waals surface area contributed by atoms with Crippen molar-refractivity contribution in [1.29, 1.82) is 0 Å². The zero-order valence-corrected chi connectivity index (χ0v) is 11.1. The molecule has 0 aliphatic carbocycles. The average molecular weight is 251 g/mol. The standard InChI is InChI=1S/C14H21NO3/c1-17-13-7-5-6-11(14(13)18-2)12(10-16)15-8-3-4-9-15/h5-7,12,16H,3-4,8-10H2,1-2H3/t12-/m1/s1. The van der Waals surface area contributed by atoms with Crippen molar-refractivity contribution < 1.29 is 14.6 Å². The molecule has 1 fully saturated rings. The van der Waals surface area contributed by atoms with Crippen LogP contribution in [-0.4, -0.2) is 43.9 Å². The fraction of sp³-hybridized carbons (Fsp3) is 0.571. The summed E-state index contributed by atoms with van der Waals surface area (Å²) < 4.78 is 10.8. The van der Waals surface area contributed by atoms with E-state index in [0.29, 0.717) is 5.75 Å². The summed E-state index contributed by atoms with van der Waals surface area (Å²) in [5.74, 6) is 1.44. The number of methoxy groups -OCH3 is 2. The molecule has 1 aliphatic heterocycles. The predicted molar refractivity (Wildman–Crippen MR) is 70.2 cm³/mol. The van der Waals surface area contributed by atoms with Gasteiger partial charge in [0.1, 0.15) is 0 Å². The maximum absolute atomic E-state index is 9.69. The van der Waals surface area contributed by atoms with Crippen LogP contribution in [0.3, 0.4) is 0 Å². The van der Waals surface area contributed by atoms with E-state index in [1.165, 1.54) is 12.8 Å². The van der Waals surface area contributed by atoms with Gasteiger partial charge in [-0.25, -0.2) is 0 Å². The number of likely N-dealkylation sites (tertiary alicyclic amines) is 1. The molecule has 2 rings (SSSR count). The highest BCUT2D eigenvalue weighted by atomic mass is 16.5. The quantitative estimate of drug-likeness (QED) is 0.867. The molecule has 0 bridgehead atoms. The third-order valence-electron chi connectivity index (χ3n) is 3.55. The van der Waals surface area contributed by atoms with Crippen LogP contribution in [0.15, 0.2) is 18.2 Å². The van der Waals surface area contributed by atoms with E-state index >= 15 is 0 Å². The molecule has 0 radical (unpaired) electrons. The minimum Gasteiger partial charge on any atom is -0.493 e. The third kappa shape index (κ3) is 2.44. The Morgan fingerprint density at radius 1 is 1.22 bits per heavy atom. The lowest BCUT2D eigenvalue weighted by Gasteiger charge is -2.27. The van der Waals surface area contributed by atoms with Gasteiger partial charge in [0.05, 0.1) is 26.9 Å². The van der Waals surface area contributed by atoms with Gasteiger partial charge in [-0.3, -0.25) is 4.90 Å². The zero-order chi connectivity index (χ0) is 13.0. The summed E-state index contributed by atoms with van der Waals surface area (Å²) in [6.45, 7) is 2.17. The first kappa shape index (κ1) is 13.2. The van der Waals surface area contributed by atoms with Crippen LogP contribution in [0, 0.1) is 0 Å². The second-order valence-corrected chi connectivity index (χ2v) is 4.52. The van der Waals surface area contributed by atoms with Gasteiger partial charge < -0.3 is 14.6 Å². The minimum absolute atomic E-state index is 0.00227. The summed E-state index contributed by atoms with van der Waals surface area (Å²) in [5, 5.41) is 9.69. The fourth-order valence-corrected chi connectivity index (χ4v) is 2.64. The van der Waals surface area contributed by atoms with Crippen molar-refractivity contribution in [2.45, 2.75) is 18.9 Å². The van der Waals surface area contributed by atoms with Crippen LogP contribution in [0.1, 0.15) is 24.4 Å². The monoisotopic (exact) mass is 251 g/mol. The number of hydrogen-bond acceptors (Lipinski definition) is 4. The van der Waals surface area contributed by atoms with Gasteiger partial charge in [-0.05, 0) is 32.0 Å². The van der Waals surface area contributed by atoms with Crippen molar-refractivity contribution in [3.05, 3.63) is 23.8 Å². The van der Waals surface area contributed by atoms with Crippen molar-refractivity contribution >= 4 is 0 Å². The van der Waals surface area contributed by atoms with Gasteiger partial charge in [0.15, 0.2) is 11.5 Å². The lowest BCUT2D eigenvalue weighted by Crippen LogP contribution is -2.28. The van der Waals surface area contributed by atoms with Crippen molar-refractivity contribution in [3.63, 3.8) is 0 Å². The molecule has 1 heterocycles. The molecule has 4 nitrogen and oxygen atoms in total. The molecule has 0 unspecified atom stereocenters. The largest absolute Gasteiger partial charge is 0.493 e. The van der Waals surface area contributed by atoms with E-state index in [1.54, 1.807) is 14.2 Å². The Morgan fingerprint density at radius 2 is 1.94 bits per heavy atom. The third-order valence-corrected chi connectivity index (χ3v) is 3.55. The fourth-order valence-electron chi connectivity index (χ4n) is 2.64. The summed E-state index contributed by atoms with van der Waals surface area (Å²) in [5.41, 5.74) is 1.00. The summed E-state index contributed by atoms with van der Waals surface area (Å²) in [7, 11) is 3.27. The lowest BCUT2D eigenvalue weighted by molar-refractivity contribution is 0.144. The van der Waals surface area contributed by atoms with Gasteiger partial charge in [-0.15, -0.1) is 0 Å². The second kappa shape index (κ2) is 6.07. The van der Waals surface area contributed by atoms with Crippen LogP contribution < -0.4 is 9.47 Å². The smallest absolute Gasteiger partial charge is 0.165 e. The number of benzene rings is 1. The van der Waals surface area contributed by atoms with Crippen LogP contribution >= 0.6 is 0 Å². The second-order valence-electron chi connectivity index (χ2n) is 4.52. The average Bonchev–Trinajstić information content (AvgIpc) is 2.93. The van der Waals surface area contributed by atoms with Crippen molar-refractivity contribution in [2.75, 3.05) is 33.9 Å². The van der Waals surface area contributed by atoms with E-state index < -0.39 is 0 Å². The summed E-state index contributed by atoms with van der Waals surface area (Å²) >= 11 is 0. The van der Waals surface area contributed by atoms with Gasteiger partial charge in [-0.1, -0.05) is 12.1 Å². The molecule has 4 heteroatoms. The Morgan fingerprint density at radius 3 is 2.50 bits per heavy atom. The first-order valence-electron chi connectivity index (χ1n) is 6.37. The number of ether oxygens (including phenoxy) is 2. The molecular weight excluding hydrogens is 230 g/mol. The molecule has 18 heavy (non-hydrogen) atoms. The molecule has 0 aromatic heterocycles. The number of aliphatic hydroxyl groups is 1. The van der Waals surface area contributed by atoms with Gasteiger partial charge in [0.25, 0.3) is 0 Å². The van der Waals surface area contributed by atoms with E-state index in [9.17, 15) is 5.11 Å². The molecule has 1 N–H and O–H groups in total. The van der Waals surface area contributed by atoms with E-state index in [4.69, 9.17) is 9.47 Å². The highest BCUT2D eigenvalue weighted by molar-refractivity contribution is 5.48. The highest BCUT2D eigenvalue weighted by Gasteiger charge is 2.26. The lowest BCUT2D eigenvalue weighted by atomic mass is 10.0. The van der Waals surface area contributed by atoms with Crippen LogP contribution in [0.2, 0.25) is 0 Å². The number of rotatable bonds is 5. The van der Waals surface area contributed by atoms with Crippen LogP contribution in [0.4, 0.5) is 0 Å². The van der Waals surface area contributed by atoms with E-state index in [0.717, 1.165) is 24.4 Å². The topological polar surface area (TPSA) is 41.9 Å². The van der Waals surface area contributed by atoms with Gasteiger partial charge >= 0.3 is 0 Å². The first-order valence-corrected chi connectivity index (χ1v) is 6.37. The Labute approximate surface area is 108 Å². The van der Waals surface area contributed by atoms with E-state index in [1.807, 2.05) is 18.2 Å². The Hall–Kier alpha value is -1.26. The molecule has 0 saturated carbocycles. The van der Waals surface area contributed by atoms with Gasteiger partial charge in [0.2, 0.25) is 0 Å². The molecule has 0 amide bonds.